The van der Waals surface area contributed by atoms with Crippen molar-refractivity contribution >= 4 is 19.8 Å². The van der Waals surface area contributed by atoms with E-state index < -0.39 is 45.1 Å². The molecule has 0 aromatic carbocycles. The molecule has 344 valence electrons. The van der Waals surface area contributed by atoms with E-state index in [1.807, 2.05) is 0 Å². The summed E-state index contributed by atoms with van der Waals surface area (Å²) in [4.78, 5) is 33.6. The van der Waals surface area contributed by atoms with Crippen LogP contribution in [0, 0.1) is 0 Å². The van der Waals surface area contributed by atoms with E-state index in [1.54, 1.807) is 0 Å². The fourth-order valence-electron chi connectivity index (χ4n) is 7.01. The molecule has 11 heteroatoms. The van der Waals surface area contributed by atoms with Crippen LogP contribution in [0.15, 0.2) is 12.2 Å². The van der Waals surface area contributed by atoms with Crippen molar-refractivity contribution in [2.75, 3.05) is 26.4 Å². The summed E-state index contributed by atoms with van der Waals surface area (Å²) < 4.78 is 33.4. The molecule has 0 radical (unpaired) electrons. The van der Waals surface area contributed by atoms with Crippen LogP contribution in [-0.4, -0.2) is 60.5 Å². The van der Waals surface area contributed by atoms with Crippen LogP contribution in [0.5, 0.6) is 0 Å². The van der Waals surface area contributed by atoms with Crippen LogP contribution >= 0.6 is 7.82 Å². The number of nitrogens with two attached hydrogens (primary N) is 1. The quantitative estimate of drug-likeness (QED) is 0.0233. The molecule has 0 heterocycles. The molecule has 0 aliphatic heterocycles. The first-order valence-electron chi connectivity index (χ1n) is 24.2. The van der Waals surface area contributed by atoms with Gasteiger partial charge in [0, 0.05) is 13.0 Å². The molecule has 10 nitrogen and oxygen atoms in total. The van der Waals surface area contributed by atoms with Crippen LogP contribution < -0.4 is 5.73 Å². The molecule has 0 aliphatic carbocycles. The van der Waals surface area contributed by atoms with E-state index in [9.17, 15) is 19.0 Å². The number of carboxylic acid groups (broad SMARTS) is 1. The highest BCUT2D eigenvalue weighted by molar-refractivity contribution is 7.47. The normalized spacial score (nSPS) is 13.9. The maximum Gasteiger partial charge on any atom is 0.472 e. The summed E-state index contributed by atoms with van der Waals surface area (Å²) >= 11 is 0. The Labute approximate surface area is 356 Å². The lowest BCUT2D eigenvalue weighted by Gasteiger charge is -2.20. The average molecular weight is 846 g/mol. The fraction of sp³-hybridized carbons (Fsp3) is 0.915. The lowest BCUT2D eigenvalue weighted by atomic mass is 10.0. The van der Waals surface area contributed by atoms with Gasteiger partial charge in [-0.25, -0.2) is 4.57 Å². The number of carbonyl (C=O) groups excluding carboxylic acids is 1. The highest BCUT2D eigenvalue weighted by Gasteiger charge is 2.27. The molecule has 0 bridgehead atoms. The SMILES string of the molecule is CCCCCCC/C=C\CCCCCCCC(=O)OC(COCCCCCCCCCCCCCCCCCCCCCCCC)COP(=O)(O)OCC(N)C(=O)O. The van der Waals surface area contributed by atoms with E-state index in [0.29, 0.717) is 13.0 Å². The Kier molecular flexibility index (Phi) is 42.8. The molecule has 0 amide bonds. The minimum atomic E-state index is -4.61. The van der Waals surface area contributed by atoms with Gasteiger partial charge in [0.15, 0.2) is 0 Å². The van der Waals surface area contributed by atoms with Crippen LogP contribution in [-0.2, 0) is 32.7 Å². The number of ether oxygens (including phenoxy) is 2. The zero-order valence-electron chi connectivity index (χ0n) is 37.7. The smallest absolute Gasteiger partial charge is 0.472 e. The van der Waals surface area contributed by atoms with Gasteiger partial charge < -0.3 is 25.2 Å². The fourth-order valence-corrected chi connectivity index (χ4v) is 7.79. The van der Waals surface area contributed by atoms with Crippen molar-refractivity contribution in [2.45, 2.75) is 251 Å². The second-order valence-corrected chi connectivity index (χ2v) is 18.1. The molecule has 0 saturated heterocycles. The van der Waals surface area contributed by atoms with E-state index in [0.717, 1.165) is 51.4 Å². The minimum absolute atomic E-state index is 0.0197. The van der Waals surface area contributed by atoms with E-state index in [4.69, 9.17) is 29.4 Å². The monoisotopic (exact) mass is 846 g/mol. The third kappa shape index (κ3) is 42.8. The minimum Gasteiger partial charge on any atom is -0.480 e. The molecular formula is C47H92NO9P. The van der Waals surface area contributed by atoms with Crippen molar-refractivity contribution in [3.8, 4) is 0 Å². The Balaban J connectivity index is 4.09. The van der Waals surface area contributed by atoms with Crippen LogP contribution in [0.2, 0.25) is 0 Å². The standard InChI is InChI=1S/C47H92NO9P/c1-3-5-7-9-11-13-15-17-19-20-21-22-23-24-25-26-28-30-32-34-36-38-40-54-41-44(42-55-58(52,53)56-43-45(48)47(50)51)57-46(49)39-37-35-33-31-29-27-18-16-14-12-10-8-6-4-2/h16,18,44-45H,3-15,17,19-43,48H2,1-2H3,(H,50,51)(H,52,53)/b18-16-. The molecule has 0 aromatic rings. The van der Waals surface area contributed by atoms with Gasteiger partial charge >= 0.3 is 19.8 Å². The number of esters is 1. The summed E-state index contributed by atoms with van der Waals surface area (Å²) in [6, 6.07) is -1.47. The summed E-state index contributed by atoms with van der Waals surface area (Å²) in [5.74, 6) is -1.78. The Hall–Kier alpha value is -1.29. The number of carbonyl (C=O) groups is 2. The van der Waals surface area contributed by atoms with Gasteiger partial charge in [0.05, 0.1) is 19.8 Å². The number of carboxylic acids is 1. The lowest BCUT2D eigenvalue weighted by Crippen LogP contribution is -2.34. The molecule has 4 N–H and O–H groups in total. The lowest BCUT2D eigenvalue weighted by molar-refractivity contribution is -0.154. The van der Waals surface area contributed by atoms with Gasteiger partial charge in [-0.2, -0.15) is 0 Å². The Morgan fingerprint density at radius 1 is 0.534 bits per heavy atom. The predicted molar refractivity (Wildman–Crippen MR) is 240 cm³/mol. The largest absolute Gasteiger partial charge is 0.480 e. The van der Waals surface area contributed by atoms with Gasteiger partial charge in [-0.1, -0.05) is 206 Å². The topological polar surface area (TPSA) is 155 Å². The molecule has 0 aromatic heterocycles. The van der Waals surface area contributed by atoms with Crippen LogP contribution in [0.3, 0.4) is 0 Å². The number of rotatable bonds is 47. The number of allylic oxidation sites excluding steroid dienone is 2. The van der Waals surface area contributed by atoms with Crippen LogP contribution in [0.1, 0.15) is 239 Å². The number of phosphoric ester groups is 1. The number of phosphoric acid groups is 1. The Bertz CT molecular complexity index is 982. The maximum atomic E-state index is 12.6. The Morgan fingerprint density at radius 3 is 1.31 bits per heavy atom. The van der Waals surface area contributed by atoms with Gasteiger partial charge in [0.25, 0.3) is 0 Å². The molecule has 0 rings (SSSR count). The van der Waals surface area contributed by atoms with E-state index in [-0.39, 0.29) is 13.0 Å². The highest BCUT2D eigenvalue weighted by Crippen LogP contribution is 2.43. The van der Waals surface area contributed by atoms with Crippen molar-refractivity contribution < 1.29 is 42.7 Å². The Morgan fingerprint density at radius 2 is 0.897 bits per heavy atom. The molecule has 0 spiro atoms. The first kappa shape index (κ1) is 56.7. The number of aliphatic carboxylic acids is 1. The van der Waals surface area contributed by atoms with Gasteiger partial charge in [-0.3, -0.25) is 18.6 Å². The van der Waals surface area contributed by atoms with Crippen molar-refractivity contribution in [1.82, 2.24) is 0 Å². The molecule has 3 unspecified atom stereocenters. The highest BCUT2D eigenvalue weighted by atomic mass is 31.2. The molecule has 58 heavy (non-hydrogen) atoms. The number of hydrogen-bond donors (Lipinski definition) is 3. The van der Waals surface area contributed by atoms with E-state index >= 15 is 0 Å². The summed E-state index contributed by atoms with van der Waals surface area (Å²) in [5, 5.41) is 8.91. The second kappa shape index (κ2) is 43.8. The van der Waals surface area contributed by atoms with Gasteiger partial charge in [0.2, 0.25) is 0 Å². The number of hydrogen-bond acceptors (Lipinski definition) is 8. The molecule has 0 fully saturated rings. The second-order valence-electron chi connectivity index (χ2n) is 16.6. The van der Waals surface area contributed by atoms with Crippen molar-refractivity contribution in [2.24, 2.45) is 5.73 Å². The summed E-state index contributed by atoms with van der Waals surface area (Å²) in [7, 11) is -4.61. The van der Waals surface area contributed by atoms with Crippen LogP contribution in [0.25, 0.3) is 0 Å². The average Bonchev–Trinajstić information content (AvgIpc) is 3.20. The third-order valence-electron chi connectivity index (χ3n) is 10.8. The summed E-state index contributed by atoms with van der Waals surface area (Å²) in [6.07, 6.45) is 47.0. The predicted octanol–water partition coefficient (Wildman–Crippen LogP) is 13.7. The maximum absolute atomic E-state index is 12.6. The third-order valence-corrected chi connectivity index (χ3v) is 11.7. The van der Waals surface area contributed by atoms with Crippen molar-refractivity contribution in [3.63, 3.8) is 0 Å². The van der Waals surface area contributed by atoms with Crippen molar-refractivity contribution in [1.29, 1.82) is 0 Å². The zero-order valence-corrected chi connectivity index (χ0v) is 38.6. The van der Waals surface area contributed by atoms with Crippen LogP contribution in [0.4, 0.5) is 0 Å². The van der Waals surface area contributed by atoms with Crippen molar-refractivity contribution in [3.05, 3.63) is 12.2 Å². The molecule has 3 atom stereocenters. The molecule has 0 saturated carbocycles. The molecular weight excluding hydrogens is 753 g/mol. The van der Waals surface area contributed by atoms with Gasteiger partial charge in [0.1, 0.15) is 12.1 Å². The molecule has 0 aliphatic rings. The summed E-state index contributed by atoms with van der Waals surface area (Å²) in [6.45, 7) is 3.91. The van der Waals surface area contributed by atoms with E-state index in [2.05, 4.69) is 26.0 Å². The summed E-state index contributed by atoms with van der Waals surface area (Å²) in [5.41, 5.74) is 5.36. The van der Waals surface area contributed by atoms with E-state index in [1.165, 1.54) is 161 Å². The zero-order chi connectivity index (χ0) is 42.6. The first-order valence-corrected chi connectivity index (χ1v) is 25.7. The first-order chi connectivity index (χ1) is 28.2. The van der Waals surface area contributed by atoms with Gasteiger partial charge in [-0.15, -0.1) is 0 Å². The van der Waals surface area contributed by atoms with Gasteiger partial charge in [-0.05, 0) is 38.5 Å². The number of unbranched alkanes of at least 4 members (excludes halogenated alkanes) is 31.